The summed E-state index contributed by atoms with van der Waals surface area (Å²) in [5.74, 6) is 0. The number of aromatic amines is 1. The molecule has 1 aromatic rings. The molecule has 2 N–H and O–H groups in total. The Morgan fingerprint density at radius 1 is 1.86 bits per heavy atom. The van der Waals surface area contributed by atoms with Crippen LogP contribution < -0.4 is 4.73 Å². The summed E-state index contributed by atoms with van der Waals surface area (Å²) >= 11 is 5.28. The van der Waals surface area contributed by atoms with E-state index >= 15 is 0 Å². The highest BCUT2D eigenvalue weighted by atomic mass is 35.5. The van der Waals surface area contributed by atoms with Gasteiger partial charge in [-0.15, -0.1) is 0 Å². The second kappa shape index (κ2) is 1.42. The van der Waals surface area contributed by atoms with E-state index in [4.69, 9.17) is 16.8 Å². The minimum absolute atomic E-state index is 0.208. The van der Waals surface area contributed by atoms with Gasteiger partial charge in [0.15, 0.2) is 6.20 Å². The van der Waals surface area contributed by atoms with Crippen LogP contribution in [0.25, 0.3) is 0 Å². The summed E-state index contributed by atoms with van der Waals surface area (Å²) in [6.45, 7) is 0. The average molecular weight is 120 g/mol. The van der Waals surface area contributed by atoms with Crippen molar-refractivity contribution in [1.29, 1.82) is 0 Å². The van der Waals surface area contributed by atoms with Gasteiger partial charge in [-0.3, -0.25) is 0 Å². The second-order valence-electron chi connectivity index (χ2n) is 1.10. The number of halogens is 1. The predicted octanol–water partition coefficient (Wildman–Crippen LogP) is 0.193. The van der Waals surface area contributed by atoms with Crippen LogP contribution in [-0.4, -0.2) is 10.2 Å². The van der Waals surface area contributed by atoms with Crippen molar-refractivity contribution in [3.05, 3.63) is 17.7 Å². The highest BCUT2D eigenvalue weighted by Crippen LogP contribution is 1.89. The van der Waals surface area contributed by atoms with E-state index in [1.54, 1.807) is 0 Å². The van der Waals surface area contributed by atoms with E-state index in [2.05, 4.69) is 4.98 Å². The molecule has 4 heteroatoms. The molecular weight excluding hydrogens is 115 g/mol. The fraction of sp³-hybridized carbons (Fsp3) is 0. The molecule has 0 aromatic carbocycles. The van der Waals surface area contributed by atoms with Crippen LogP contribution >= 0.6 is 11.6 Å². The number of nitrogens with one attached hydrogen (secondary N) is 1. The monoisotopic (exact) mass is 119 g/mol. The Balaban J connectivity index is 3.12. The van der Waals surface area contributed by atoms with Gasteiger partial charge in [-0.25, -0.2) is 4.98 Å². The minimum Gasteiger partial charge on any atom is -0.349 e. The molecule has 0 atom stereocenters. The van der Waals surface area contributed by atoms with Crippen molar-refractivity contribution in [2.75, 3.05) is 0 Å². The number of H-pyrrole nitrogens is 1. The van der Waals surface area contributed by atoms with Crippen LogP contribution in [0.1, 0.15) is 0 Å². The maximum atomic E-state index is 8.51. The van der Waals surface area contributed by atoms with Crippen molar-refractivity contribution in [3.63, 3.8) is 0 Å². The molecule has 1 rings (SSSR count). The summed E-state index contributed by atoms with van der Waals surface area (Å²) in [7, 11) is 0. The second-order valence-corrected chi connectivity index (χ2v) is 1.45. The lowest BCUT2D eigenvalue weighted by atomic mass is 11.0. The fourth-order valence-electron chi connectivity index (χ4n) is 0.308. The maximum Gasteiger partial charge on any atom is 0.391 e. The predicted molar refractivity (Wildman–Crippen MR) is 23.2 cm³/mol. The Hall–Kier alpha value is -0.700. The van der Waals surface area contributed by atoms with E-state index in [1.807, 2.05) is 0 Å². The lowest BCUT2D eigenvalue weighted by Crippen LogP contribution is -2.27. The van der Waals surface area contributed by atoms with Gasteiger partial charge in [0.05, 0.1) is 0 Å². The Kier molecular flexibility index (Phi) is 0.906. The molecule has 0 radical (unpaired) electrons. The molecule has 0 amide bonds. The first-order valence-corrected chi connectivity index (χ1v) is 2.12. The van der Waals surface area contributed by atoms with Gasteiger partial charge in [0.25, 0.3) is 0 Å². The molecule has 0 fully saturated rings. The van der Waals surface area contributed by atoms with Gasteiger partial charge in [-0.2, -0.15) is 0 Å². The molecule has 0 saturated carbocycles. The zero-order valence-electron chi connectivity index (χ0n) is 3.43. The van der Waals surface area contributed by atoms with Crippen LogP contribution in [0, 0.1) is 0 Å². The summed E-state index contributed by atoms with van der Waals surface area (Å²) in [6, 6.07) is 0. The lowest BCUT2D eigenvalue weighted by Gasteiger charge is -1.72. The number of hydrogen-bond donors (Lipinski definition) is 2. The van der Waals surface area contributed by atoms with Crippen molar-refractivity contribution >= 4 is 11.6 Å². The normalized spacial score (nSPS) is 9.29. The standard InChI is InChI=1S/C3H3ClN2O/c4-3-5-1-2-6(3)7/h1-2,7H/p+1. The van der Waals surface area contributed by atoms with E-state index in [-0.39, 0.29) is 5.28 Å². The van der Waals surface area contributed by atoms with Crippen molar-refractivity contribution in [1.82, 2.24) is 4.98 Å². The summed E-state index contributed by atoms with van der Waals surface area (Å²) < 4.78 is 0.793. The number of imidazole rings is 1. The Morgan fingerprint density at radius 2 is 2.57 bits per heavy atom. The first-order valence-electron chi connectivity index (χ1n) is 1.74. The SMILES string of the molecule is O[n+]1cc[nH]c1Cl. The van der Waals surface area contributed by atoms with E-state index in [0.717, 1.165) is 4.73 Å². The smallest absolute Gasteiger partial charge is 0.349 e. The van der Waals surface area contributed by atoms with E-state index < -0.39 is 0 Å². The van der Waals surface area contributed by atoms with Crippen molar-refractivity contribution in [2.45, 2.75) is 0 Å². The van der Waals surface area contributed by atoms with E-state index in [0.29, 0.717) is 0 Å². The molecule has 3 nitrogen and oxygen atoms in total. The molecule has 7 heavy (non-hydrogen) atoms. The third-order valence-electron chi connectivity index (χ3n) is 0.619. The van der Waals surface area contributed by atoms with Crippen molar-refractivity contribution < 1.29 is 9.94 Å². The van der Waals surface area contributed by atoms with Crippen molar-refractivity contribution in [2.24, 2.45) is 0 Å². The average Bonchev–Trinajstić information content (AvgIpc) is 1.91. The number of hydrogen-bond acceptors (Lipinski definition) is 1. The molecule has 0 saturated heterocycles. The lowest BCUT2D eigenvalue weighted by molar-refractivity contribution is -0.902. The molecule has 0 bridgehead atoms. The summed E-state index contributed by atoms with van der Waals surface area (Å²) in [4.78, 5) is 2.55. The Bertz CT molecular complexity index is 145. The molecule has 0 aliphatic heterocycles. The molecule has 0 spiro atoms. The molecular formula is C3H4ClN2O+. The molecule has 0 aliphatic carbocycles. The van der Waals surface area contributed by atoms with Crippen molar-refractivity contribution in [3.8, 4) is 0 Å². The fourth-order valence-corrected chi connectivity index (χ4v) is 0.428. The van der Waals surface area contributed by atoms with Crippen LogP contribution in [0.2, 0.25) is 5.28 Å². The van der Waals surface area contributed by atoms with Gasteiger partial charge in [0.1, 0.15) is 6.20 Å². The van der Waals surface area contributed by atoms with Gasteiger partial charge in [-0.1, -0.05) is 0 Å². The van der Waals surface area contributed by atoms with Crippen LogP contribution in [0.15, 0.2) is 12.4 Å². The van der Waals surface area contributed by atoms with Gasteiger partial charge in [0, 0.05) is 11.6 Å². The topological polar surface area (TPSA) is 39.9 Å². The highest BCUT2D eigenvalue weighted by molar-refractivity contribution is 6.27. The van der Waals surface area contributed by atoms with Gasteiger partial charge >= 0.3 is 5.28 Å². The van der Waals surface area contributed by atoms with Gasteiger partial charge in [-0.05, 0) is 4.73 Å². The third kappa shape index (κ3) is 0.667. The summed E-state index contributed by atoms with van der Waals surface area (Å²) in [6.07, 6.45) is 2.94. The minimum atomic E-state index is 0.208. The Labute approximate surface area is 45.1 Å². The van der Waals surface area contributed by atoms with Crippen LogP contribution in [0.4, 0.5) is 0 Å². The molecule has 0 unspecified atom stereocenters. The molecule has 0 aliphatic rings. The van der Waals surface area contributed by atoms with E-state index in [9.17, 15) is 0 Å². The number of rotatable bonds is 0. The summed E-state index contributed by atoms with van der Waals surface area (Å²) in [5.41, 5.74) is 0. The molecule has 1 heterocycles. The maximum absolute atomic E-state index is 8.51. The van der Waals surface area contributed by atoms with Crippen LogP contribution in [0.3, 0.4) is 0 Å². The van der Waals surface area contributed by atoms with Crippen LogP contribution in [-0.2, 0) is 0 Å². The van der Waals surface area contributed by atoms with Gasteiger partial charge in [0.2, 0.25) is 0 Å². The Morgan fingerprint density at radius 3 is 2.71 bits per heavy atom. The molecule has 38 valence electrons. The van der Waals surface area contributed by atoms with Gasteiger partial charge < -0.3 is 5.21 Å². The number of nitrogens with zero attached hydrogens (tertiary/aromatic N) is 1. The zero-order valence-corrected chi connectivity index (χ0v) is 4.18. The first kappa shape index (κ1) is 4.46. The zero-order chi connectivity index (χ0) is 5.28. The summed E-state index contributed by atoms with van der Waals surface area (Å²) in [5, 5.41) is 8.72. The highest BCUT2D eigenvalue weighted by Gasteiger charge is 2.00. The number of aromatic nitrogens is 2. The van der Waals surface area contributed by atoms with Crippen LogP contribution in [0.5, 0.6) is 0 Å². The first-order chi connectivity index (χ1) is 3.30. The van der Waals surface area contributed by atoms with E-state index in [1.165, 1.54) is 12.4 Å². The quantitative estimate of drug-likeness (QED) is 0.372. The largest absolute Gasteiger partial charge is 0.391 e. The molecule has 1 aromatic heterocycles. The third-order valence-corrected chi connectivity index (χ3v) is 0.902.